The van der Waals surface area contributed by atoms with Gasteiger partial charge in [-0.2, -0.15) is 0 Å². The molecule has 10 heteroatoms. The Bertz CT molecular complexity index is 1270. The number of aromatic hydroxyl groups is 1. The van der Waals surface area contributed by atoms with Crippen molar-refractivity contribution in [1.82, 2.24) is 4.90 Å². The van der Waals surface area contributed by atoms with Gasteiger partial charge in [-0.3, -0.25) is 19.3 Å². The Morgan fingerprint density at radius 1 is 1.17 bits per heavy atom. The molecule has 0 saturated carbocycles. The number of amides is 1. The minimum absolute atomic E-state index is 0.0256. The van der Waals surface area contributed by atoms with E-state index in [2.05, 4.69) is 4.90 Å². The van der Waals surface area contributed by atoms with E-state index in [1.807, 2.05) is 6.92 Å². The number of aliphatic hydroxyl groups is 3. The molecule has 1 aromatic rings. The zero-order valence-electron chi connectivity index (χ0n) is 19.2. The second kappa shape index (κ2) is 7.89. The van der Waals surface area contributed by atoms with E-state index in [1.54, 1.807) is 0 Å². The van der Waals surface area contributed by atoms with E-state index in [-0.39, 0.29) is 41.7 Å². The Labute approximate surface area is 200 Å². The van der Waals surface area contributed by atoms with Crippen molar-refractivity contribution in [3.63, 3.8) is 0 Å². The first-order valence-electron chi connectivity index (χ1n) is 11.8. The molecular formula is C25H27FN2O7. The number of primary amides is 1. The molecule has 0 bridgehead atoms. The van der Waals surface area contributed by atoms with Gasteiger partial charge in [0, 0.05) is 47.7 Å². The fourth-order valence-electron chi connectivity index (χ4n) is 6.33. The van der Waals surface area contributed by atoms with Crippen LogP contribution in [-0.4, -0.2) is 61.5 Å². The molecule has 0 aromatic heterocycles. The lowest BCUT2D eigenvalue weighted by Gasteiger charge is -2.45. The number of halogens is 1. The number of hydrogen-bond acceptors (Lipinski definition) is 8. The summed E-state index contributed by atoms with van der Waals surface area (Å²) in [4.78, 5) is 40.3. The fraction of sp³-hybridized carbons (Fsp3) is 0.480. The maximum Gasteiger partial charge on any atom is 0.255 e. The molecule has 1 aromatic carbocycles. The van der Waals surface area contributed by atoms with Crippen LogP contribution < -0.4 is 5.73 Å². The number of aliphatic hydroxyl groups excluding tert-OH is 2. The van der Waals surface area contributed by atoms with Gasteiger partial charge in [0.25, 0.3) is 5.91 Å². The summed E-state index contributed by atoms with van der Waals surface area (Å²) in [6, 6.07) is 0. The lowest BCUT2D eigenvalue weighted by atomic mass is 9.60. The van der Waals surface area contributed by atoms with Crippen LogP contribution in [0.5, 0.6) is 5.75 Å². The van der Waals surface area contributed by atoms with E-state index in [4.69, 9.17) is 5.73 Å². The van der Waals surface area contributed by atoms with Gasteiger partial charge in [0.05, 0.1) is 5.56 Å². The van der Waals surface area contributed by atoms with Crippen molar-refractivity contribution in [3.8, 4) is 5.75 Å². The van der Waals surface area contributed by atoms with Crippen molar-refractivity contribution in [1.29, 1.82) is 0 Å². The van der Waals surface area contributed by atoms with Gasteiger partial charge in [-0.1, -0.05) is 6.92 Å². The van der Waals surface area contributed by atoms with Crippen LogP contribution in [-0.2, 0) is 29.0 Å². The molecule has 5 rings (SSSR count). The molecule has 6 N–H and O–H groups in total. The summed E-state index contributed by atoms with van der Waals surface area (Å²) >= 11 is 0. The smallest absolute Gasteiger partial charge is 0.255 e. The second-order valence-electron chi connectivity index (χ2n) is 9.91. The van der Waals surface area contributed by atoms with Gasteiger partial charge in [0.15, 0.2) is 11.4 Å². The number of fused-ring (bicyclic) bond motifs is 4. The zero-order chi connectivity index (χ0) is 25.4. The highest BCUT2D eigenvalue weighted by Gasteiger charge is 2.60. The maximum absolute atomic E-state index is 15.8. The highest BCUT2D eigenvalue weighted by Crippen LogP contribution is 2.52. The van der Waals surface area contributed by atoms with Crippen LogP contribution in [0.4, 0.5) is 4.39 Å². The van der Waals surface area contributed by atoms with Crippen molar-refractivity contribution in [2.45, 2.75) is 51.2 Å². The molecule has 186 valence electrons. The third-order valence-corrected chi connectivity index (χ3v) is 7.97. The van der Waals surface area contributed by atoms with Crippen molar-refractivity contribution in [2.75, 3.05) is 13.1 Å². The third kappa shape index (κ3) is 3.09. The Hall–Kier alpha value is -3.24. The molecule has 3 aliphatic carbocycles. The zero-order valence-corrected chi connectivity index (χ0v) is 19.2. The van der Waals surface area contributed by atoms with Gasteiger partial charge in [-0.25, -0.2) is 4.39 Å². The van der Waals surface area contributed by atoms with Gasteiger partial charge >= 0.3 is 0 Å². The van der Waals surface area contributed by atoms with Crippen LogP contribution >= 0.6 is 0 Å². The van der Waals surface area contributed by atoms with E-state index in [0.717, 1.165) is 13.0 Å². The minimum atomic E-state index is -2.63. The van der Waals surface area contributed by atoms with E-state index < -0.39 is 57.8 Å². The summed E-state index contributed by atoms with van der Waals surface area (Å²) in [5.74, 6) is -7.62. The minimum Gasteiger partial charge on any atom is -0.511 e. The first-order chi connectivity index (χ1) is 16.5. The number of nitrogens with zero attached hydrogens (tertiary/aromatic N) is 1. The standard InChI is InChI=1S/C25H27FN2O7/c1-2-4-28-5-3-12-14(9-28)19(26)13-7-10-6-11-8-15(29)18(24(27)34)23(33)25(11,35)22(32)16(10)21(31)17(13)20(12)30/h10-11,29-30,32,35H,2-9H2,1H3,(H2,27,34)/t10?,11-,25-/m0/s1. The topological polar surface area (TPSA) is 161 Å². The number of phenolic OH excluding ortho intramolecular Hbond substituents is 1. The van der Waals surface area contributed by atoms with Crippen molar-refractivity contribution >= 4 is 17.5 Å². The van der Waals surface area contributed by atoms with Crippen LogP contribution in [0.1, 0.15) is 53.2 Å². The maximum atomic E-state index is 15.8. The SMILES string of the molecule is CCCN1CCc2c(O)c3c(c(F)c2C1)CC1C[C@H]2CC(O)=C(C(N)=O)C(=O)[C@@]2(O)C(O)=C1C3=O. The monoisotopic (exact) mass is 486 g/mol. The van der Waals surface area contributed by atoms with Gasteiger partial charge in [0.1, 0.15) is 28.7 Å². The second-order valence-corrected chi connectivity index (χ2v) is 9.91. The lowest BCUT2D eigenvalue weighted by molar-refractivity contribution is -0.144. The quantitative estimate of drug-likeness (QED) is 0.402. The molecule has 0 fully saturated rings. The molecule has 35 heavy (non-hydrogen) atoms. The van der Waals surface area contributed by atoms with E-state index >= 15 is 4.39 Å². The number of phenols is 1. The predicted octanol–water partition coefficient (Wildman–Crippen LogP) is 1.49. The van der Waals surface area contributed by atoms with Crippen LogP contribution in [0.15, 0.2) is 22.7 Å². The molecule has 1 amide bonds. The average Bonchev–Trinajstić information content (AvgIpc) is 2.79. The predicted molar refractivity (Wildman–Crippen MR) is 120 cm³/mol. The number of carbonyl (C=O) groups is 3. The summed E-state index contributed by atoms with van der Waals surface area (Å²) in [6.45, 7) is 3.71. The number of nitrogens with two attached hydrogens (primary N) is 1. The van der Waals surface area contributed by atoms with Crippen LogP contribution in [0.3, 0.4) is 0 Å². The van der Waals surface area contributed by atoms with Crippen LogP contribution in [0.2, 0.25) is 0 Å². The molecule has 1 heterocycles. The normalized spacial score (nSPS) is 28.4. The van der Waals surface area contributed by atoms with Crippen LogP contribution in [0.25, 0.3) is 0 Å². The van der Waals surface area contributed by atoms with Gasteiger partial charge in [-0.15, -0.1) is 0 Å². The lowest BCUT2D eigenvalue weighted by Crippen LogP contribution is -2.57. The molecular weight excluding hydrogens is 459 g/mol. The van der Waals surface area contributed by atoms with Crippen LogP contribution in [0, 0.1) is 17.7 Å². The number of carbonyl (C=O) groups excluding carboxylic acids is 3. The molecule has 0 spiro atoms. The number of Topliss-reactive ketones (excluding diaryl/α,β-unsaturated/α-hetero) is 2. The Kier molecular flexibility index (Phi) is 5.30. The highest BCUT2D eigenvalue weighted by atomic mass is 19.1. The van der Waals surface area contributed by atoms with E-state index in [9.17, 15) is 34.8 Å². The molecule has 0 saturated heterocycles. The summed E-state index contributed by atoms with van der Waals surface area (Å²) in [6.07, 6.45) is 0.865. The molecule has 1 aliphatic heterocycles. The number of benzene rings is 1. The van der Waals surface area contributed by atoms with E-state index in [0.29, 0.717) is 30.6 Å². The molecule has 4 aliphatic rings. The Morgan fingerprint density at radius 2 is 1.89 bits per heavy atom. The highest BCUT2D eigenvalue weighted by molar-refractivity contribution is 6.24. The third-order valence-electron chi connectivity index (χ3n) is 7.97. The Balaban J connectivity index is 1.64. The number of allylic oxidation sites excluding steroid dienone is 2. The van der Waals surface area contributed by atoms with Crippen molar-refractivity contribution < 1.29 is 39.2 Å². The van der Waals surface area contributed by atoms with Crippen molar-refractivity contribution in [2.24, 2.45) is 17.6 Å². The molecule has 1 unspecified atom stereocenters. The summed E-state index contributed by atoms with van der Waals surface area (Å²) in [5.41, 5.74) is 1.96. The van der Waals surface area contributed by atoms with Gasteiger partial charge in [-0.05, 0) is 38.1 Å². The Morgan fingerprint density at radius 3 is 2.54 bits per heavy atom. The number of hydrogen-bond donors (Lipinski definition) is 5. The molecule has 3 atom stereocenters. The first kappa shape index (κ1) is 23.5. The molecule has 0 radical (unpaired) electrons. The number of rotatable bonds is 3. The average molecular weight is 486 g/mol. The van der Waals surface area contributed by atoms with E-state index in [1.165, 1.54) is 0 Å². The summed E-state index contributed by atoms with van der Waals surface area (Å²) < 4.78 is 15.8. The largest absolute Gasteiger partial charge is 0.511 e. The summed E-state index contributed by atoms with van der Waals surface area (Å²) in [5, 5.41) is 43.6. The first-order valence-corrected chi connectivity index (χ1v) is 11.8. The van der Waals surface area contributed by atoms with Gasteiger partial charge in [0.2, 0.25) is 5.78 Å². The van der Waals surface area contributed by atoms with Crippen molar-refractivity contribution in [3.05, 3.63) is 50.7 Å². The summed E-state index contributed by atoms with van der Waals surface area (Å²) in [7, 11) is 0. The fourth-order valence-corrected chi connectivity index (χ4v) is 6.33. The van der Waals surface area contributed by atoms with Gasteiger partial charge < -0.3 is 26.2 Å². The number of ketones is 2. The molecule has 9 nitrogen and oxygen atoms in total.